The molecule has 0 aliphatic carbocycles. The molecular formula is C22H25N3OS. The largest absolute Gasteiger partial charge is 0.354 e. The van der Waals surface area contributed by atoms with Crippen molar-refractivity contribution in [3.05, 3.63) is 65.0 Å². The summed E-state index contributed by atoms with van der Waals surface area (Å²) in [5, 5.41) is 7.07. The first-order valence-electron chi connectivity index (χ1n) is 9.13. The Kier molecular flexibility index (Phi) is 6.37. The lowest BCUT2D eigenvalue weighted by Crippen LogP contribution is -2.37. The van der Waals surface area contributed by atoms with Crippen LogP contribution in [-0.4, -0.2) is 30.5 Å². The van der Waals surface area contributed by atoms with Crippen molar-refractivity contribution in [2.24, 2.45) is 0 Å². The van der Waals surface area contributed by atoms with Gasteiger partial charge in [0.25, 0.3) is 0 Å². The van der Waals surface area contributed by atoms with Gasteiger partial charge in [0.2, 0.25) is 5.91 Å². The van der Waals surface area contributed by atoms with E-state index in [0.29, 0.717) is 13.0 Å². The number of hydrogen-bond donors (Lipinski definition) is 2. The molecule has 0 aliphatic heterocycles. The summed E-state index contributed by atoms with van der Waals surface area (Å²) in [6.45, 7) is 4.72. The molecule has 0 bridgehead atoms. The summed E-state index contributed by atoms with van der Waals surface area (Å²) in [6.07, 6.45) is 0.337. The number of benzene rings is 2. The number of aromatic nitrogens is 1. The first-order valence-corrected chi connectivity index (χ1v) is 9.94. The van der Waals surface area contributed by atoms with E-state index in [1.165, 1.54) is 5.56 Å². The summed E-state index contributed by atoms with van der Waals surface area (Å²) in [5.41, 5.74) is 4.23. The van der Waals surface area contributed by atoms with Crippen LogP contribution in [0.5, 0.6) is 0 Å². The second-order valence-electron chi connectivity index (χ2n) is 6.69. The van der Waals surface area contributed by atoms with Crippen LogP contribution in [0.4, 0.5) is 0 Å². The number of likely N-dealkylation sites (N-methyl/N-ethyl adjacent to an activating group) is 1. The Hall–Kier alpha value is -2.50. The number of rotatable bonds is 7. The van der Waals surface area contributed by atoms with Crippen molar-refractivity contribution in [3.8, 4) is 21.8 Å². The highest BCUT2D eigenvalue weighted by atomic mass is 32.1. The van der Waals surface area contributed by atoms with E-state index in [0.717, 1.165) is 26.7 Å². The van der Waals surface area contributed by atoms with Gasteiger partial charge >= 0.3 is 0 Å². The van der Waals surface area contributed by atoms with Crippen LogP contribution in [0.3, 0.4) is 0 Å². The van der Waals surface area contributed by atoms with Crippen LogP contribution in [0.2, 0.25) is 0 Å². The average molecular weight is 380 g/mol. The fraction of sp³-hybridized carbons (Fsp3) is 0.273. The summed E-state index contributed by atoms with van der Waals surface area (Å²) < 4.78 is 0. The summed E-state index contributed by atoms with van der Waals surface area (Å²) in [6, 6.07) is 18.7. The molecule has 3 rings (SSSR count). The zero-order chi connectivity index (χ0) is 19.2. The monoisotopic (exact) mass is 379 g/mol. The van der Waals surface area contributed by atoms with Gasteiger partial charge in [-0.25, -0.2) is 4.98 Å². The predicted molar refractivity (Wildman–Crippen MR) is 113 cm³/mol. The van der Waals surface area contributed by atoms with Gasteiger partial charge in [-0.15, -0.1) is 11.3 Å². The van der Waals surface area contributed by atoms with Crippen molar-refractivity contribution in [2.75, 3.05) is 13.6 Å². The molecule has 1 heterocycles. The molecule has 0 radical (unpaired) electrons. The maximum Gasteiger partial charge on any atom is 0.225 e. The second kappa shape index (κ2) is 8.93. The number of nitrogens with one attached hydrogen (secondary N) is 2. The number of thiazole rings is 1. The quantitative estimate of drug-likeness (QED) is 0.651. The number of nitrogens with zero attached hydrogens (tertiary/aromatic N) is 1. The smallest absolute Gasteiger partial charge is 0.225 e. The molecule has 0 spiro atoms. The van der Waals surface area contributed by atoms with Crippen LogP contribution in [0.15, 0.2) is 54.6 Å². The topological polar surface area (TPSA) is 54.0 Å². The van der Waals surface area contributed by atoms with Crippen molar-refractivity contribution >= 4 is 17.2 Å². The minimum absolute atomic E-state index is 0.0220. The van der Waals surface area contributed by atoms with Crippen LogP contribution >= 0.6 is 11.3 Å². The molecule has 0 saturated carbocycles. The summed E-state index contributed by atoms with van der Waals surface area (Å²) >= 11 is 1.59. The van der Waals surface area contributed by atoms with Crippen LogP contribution in [0, 0.1) is 6.92 Å². The molecule has 0 aliphatic rings. The van der Waals surface area contributed by atoms with Crippen molar-refractivity contribution in [1.29, 1.82) is 0 Å². The average Bonchev–Trinajstić information content (AvgIpc) is 3.11. The Bertz CT molecular complexity index is 888. The van der Waals surface area contributed by atoms with Crippen LogP contribution in [0.25, 0.3) is 21.8 Å². The fourth-order valence-electron chi connectivity index (χ4n) is 2.69. The van der Waals surface area contributed by atoms with Crippen LogP contribution < -0.4 is 10.6 Å². The summed E-state index contributed by atoms with van der Waals surface area (Å²) in [7, 11) is 1.89. The van der Waals surface area contributed by atoms with Gasteiger partial charge in [-0.2, -0.15) is 0 Å². The number of amides is 1. The van der Waals surface area contributed by atoms with Crippen LogP contribution in [-0.2, 0) is 11.2 Å². The molecule has 3 aromatic rings. The standard InChI is InChI=1S/C22H25N3OS/c1-15-9-11-17(12-10-15)21-19(13-20(26)24-14-16(2)23-3)27-22(25-21)18-7-5-4-6-8-18/h4-12,16,23H,13-14H2,1-3H3,(H,24,26). The lowest BCUT2D eigenvalue weighted by molar-refractivity contribution is -0.120. The molecule has 4 nitrogen and oxygen atoms in total. The highest BCUT2D eigenvalue weighted by Crippen LogP contribution is 2.34. The third-order valence-electron chi connectivity index (χ3n) is 4.46. The van der Waals surface area contributed by atoms with E-state index >= 15 is 0 Å². The molecule has 27 heavy (non-hydrogen) atoms. The van der Waals surface area contributed by atoms with Gasteiger partial charge in [0.05, 0.1) is 12.1 Å². The van der Waals surface area contributed by atoms with Gasteiger partial charge in [0.15, 0.2) is 0 Å². The molecule has 140 valence electrons. The lowest BCUT2D eigenvalue weighted by Gasteiger charge is -2.11. The Labute approximate surface area is 164 Å². The molecule has 0 fully saturated rings. The highest BCUT2D eigenvalue weighted by molar-refractivity contribution is 7.15. The molecule has 5 heteroatoms. The minimum Gasteiger partial charge on any atom is -0.354 e. The maximum atomic E-state index is 12.5. The highest BCUT2D eigenvalue weighted by Gasteiger charge is 2.17. The van der Waals surface area contributed by atoms with Crippen molar-refractivity contribution in [1.82, 2.24) is 15.6 Å². The molecule has 1 atom stereocenters. The van der Waals surface area contributed by atoms with Crippen LogP contribution in [0.1, 0.15) is 17.4 Å². The molecular weight excluding hydrogens is 354 g/mol. The minimum atomic E-state index is 0.0220. The third kappa shape index (κ3) is 5.02. The van der Waals surface area contributed by atoms with Gasteiger partial charge in [-0.1, -0.05) is 60.2 Å². The van der Waals surface area contributed by atoms with Gasteiger partial charge in [0.1, 0.15) is 5.01 Å². The first-order chi connectivity index (χ1) is 13.1. The predicted octanol–water partition coefficient (Wildman–Crippen LogP) is 4.05. The van der Waals surface area contributed by atoms with Crippen molar-refractivity contribution in [2.45, 2.75) is 26.3 Å². The zero-order valence-electron chi connectivity index (χ0n) is 16.0. The molecule has 1 amide bonds. The molecule has 1 aromatic heterocycles. The molecule has 1 unspecified atom stereocenters. The zero-order valence-corrected chi connectivity index (χ0v) is 16.8. The van der Waals surface area contributed by atoms with E-state index in [-0.39, 0.29) is 11.9 Å². The van der Waals surface area contributed by atoms with Crippen molar-refractivity contribution < 1.29 is 4.79 Å². The van der Waals surface area contributed by atoms with Crippen molar-refractivity contribution in [3.63, 3.8) is 0 Å². The van der Waals surface area contributed by atoms with Gasteiger partial charge in [0, 0.05) is 28.6 Å². The van der Waals surface area contributed by atoms with E-state index in [2.05, 4.69) is 54.0 Å². The number of aryl methyl sites for hydroxylation is 1. The Balaban J connectivity index is 1.89. The number of carbonyl (C=O) groups excluding carboxylic acids is 1. The molecule has 0 saturated heterocycles. The first kappa shape index (κ1) is 19.3. The molecule has 2 aromatic carbocycles. The Morgan fingerprint density at radius 2 is 1.78 bits per heavy atom. The Morgan fingerprint density at radius 1 is 1.07 bits per heavy atom. The van der Waals surface area contributed by atoms with E-state index < -0.39 is 0 Å². The van der Waals surface area contributed by atoms with Gasteiger partial charge in [-0.3, -0.25) is 4.79 Å². The van der Waals surface area contributed by atoms with Gasteiger partial charge in [-0.05, 0) is 20.9 Å². The summed E-state index contributed by atoms with van der Waals surface area (Å²) in [5.74, 6) is 0.0220. The third-order valence-corrected chi connectivity index (χ3v) is 5.57. The van der Waals surface area contributed by atoms with E-state index in [1.807, 2.05) is 32.2 Å². The van der Waals surface area contributed by atoms with E-state index in [4.69, 9.17) is 4.98 Å². The normalized spacial score (nSPS) is 12.0. The fourth-order valence-corrected chi connectivity index (χ4v) is 3.78. The second-order valence-corrected chi connectivity index (χ2v) is 7.78. The molecule has 2 N–H and O–H groups in total. The van der Waals surface area contributed by atoms with E-state index in [1.54, 1.807) is 11.3 Å². The Morgan fingerprint density at radius 3 is 2.44 bits per heavy atom. The maximum absolute atomic E-state index is 12.5. The summed E-state index contributed by atoms with van der Waals surface area (Å²) in [4.78, 5) is 18.3. The number of hydrogen-bond acceptors (Lipinski definition) is 4. The van der Waals surface area contributed by atoms with Gasteiger partial charge < -0.3 is 10.6 Å². The van der Waals surface area contributed by atoms with E-state index in [9.17, 15) is 4.79 Å². The number of carbonyl (C=O) groups is 1. The SMILES string of the molecule is CNC(C)CNC(=O)Cc1sc(-c2ccccc2)nc1-c1ccc(C)cc1. The lowest BCUT2D eigenvalue weighted by atomic mass is 10.1.